The molecule has 6 heteroatoms. The van der Waals surface area contributed by atoms with Crippen LogP contribution in [0.4, 0.5) is 4.79 Å². The summed E-state index contributed by atoms with van der Waals surface area (Å²) < 4.78 is 6.63. The lowest BCUT2D eigenvalue weighted by Crippen LogP contribution is -2.23. The molecule has 0 fully saturated rings. The fraction of sp³-hybridized carbons (Fsp3) is 0.250. The monoisotopic (exact) mass is 246 g/mol. The molecule has 0 bridgehead atoms. The first-order valence-corrected chi connectivity index (χ1v) is 5.54. The van der Waals surface area contributed by atoms with Crippen molar-refractivity contribution in [2.45, 2.75) is 13.2 Å². The SMILES string of the molecule is Cn1cc(CNC(=O)OCc2ccccc2)nn1. The van der Waals surface area contributed by atoms with E-state index in [9.17, 15) is 4.79 Å². The molecule has 18 heavy (non-hydrogen) atoms. The van der Waals surface area contributed by atoms with Crippen LogP contribution in [0.2, 0.25) is 0 Å². The van der Waals surface area contributed by atoms with E-state index in [4.69, 9.17) is 4.74 Å². The number of rotatable bonds is 4. The summed E-state index contributed by atoms with van der Waals surface area (Å²) in [4.78, 5) is 11.4. The predicted octanol–water partition coefficient (Wildman–Crippen LogP) is 1.24. The second-order valence-electron chi connectivity index (χ2n) is 3.80. The predicted molar refractivity (Wildman–Crippen MR) is 64.5 cm³/mol. The van der Waals surface area contributed by atoms with Crippen LogP contribution >= 0.6 is 0 Å². The Morgan fingerprint density at radius 3 is 2.83 bits per heavy atom. The zero-order chi connectivity index (χ0) is 12.8. The minimum atomic E-state index is -0.468. The van der Waals surface area contributed by atoms with Crippen LogP contribution in [-0.4, -0.2) is 21.1 Å². The Labute approximate surface area is 105 Å². The first-order chi connectivity index (χ1) is 8.74. The van der Waals surface area contributed by atoms with E-state index in [-0.39, 0.29) is 6.61 Å². The van der Waals surface area contributed by atoms with Gasteiger partial charge in [-0.05, 0) is 5.56 Å². The van der Waals surface area contributed by atoms with Gasteiger partial charge in [-0.3, -0.25) is 4.68 Å². The molecule has 0 aliphatic heterocycles. The van der Waals surface area contributed by atoms with Gasteiger partial charge in [-0.25, -0.2) is 4.79 Å². The number of alkyl carbamates (subject to hydrolysis) is 1. The van der Waals surface area contributed by atoms with Crippen molar-refractivity contribution in [3.8, 4) is 0 Å². The number of aryl methyl sites for hydroxylation is 1. The minimum Gasteiger partial charge on any atom is -0.445 e. The minimum absolute atomic E-state index is 0.257. The van der Waals surface area contributed by atoms with Gasteiger partial charge in [0.05, 0.1) is 6.54 Å². The number of carbonyl (C=O) groups excluding carboxylic acids is 1. The van der Waals surface area contributed by atoms with E-state index in [1.165, 1.54) is 0 Å². The van der Waals surface area contributed by atoms with Gasteiger partial charge in [0.25, 0.3) is 0 Å². The second kappa shape index (κ2) is 5.81. The molecule has 1 N–H and O–H groups in total. The number of nitrogens with one attached hydrogen (secondary N) is 1. The molecule has 1 heterocycles. The average Bonchev–Trinajstić information content (AvgIpc) is 2.81. The molecule has 0 aliphatic carbocycles. The van der Waals surface area contributed by atoms with E-state index in [1.807, 2.05) is 30.3 Å². The quantitative estimate of drug-likeness (QED) is 0.881. The number of ether oxygens (including phenoxy) is 1. The Morgan fingerprint density at radius 1 is 1.39 bits per heavy atom. The molecule has 2 rings (SSSR count). The van der Waals surface area contributed by atoms with Gasteiger partial charge in [-0.2, -0.15) is 0 Å². The maximum absolute atomic E-state index is 11.4. The van der Waals surface area contributed by atoms with Crippen LogP contribution < -0.4 is 5.32 Å². The molecule has 0 aliphatic rings. The van der Waals surface area contributed by atoms with Crippen molar-refractivity contribution < 1.29 is 9.53 Å². The summed E-state index contributed by atoms with van der Waals surface area (Å²) in [6.45, 7) is 0.564. The molecule has 0 saturated carbocycles. The molecule has 0 atom stereocenters. The summed E-state index contributed by atoms with van der Waals surface area (Å²) in [7, 11) is 1.77. The Kier molecular flexibility index (Phi) is 3.90. The van der Waals surface area contributed by atoms with Gasteiger partial charge in [0.2, 0.25) is 0 Å². The third-order valence-corrected chi connectivity index (χ3v) is 2.28. The molecular formula is C12H14N4O2. The highest BCUT2D eigenvalue weighted by molar-refractivity contribution is 5.67. The Hall–Kier alpha value is -2.37. The van der Waals surface area contributed by atoms with Gasteiger partial charge in [-0.15, -0.1) is 5.10 Å². The van der Waals surface area contributed by atoms with Crippen molar-refractivity contribution in [1.29, 1.82) is 0 Å². The first kappa shape index (κ1) is 12.1. The number of benzene rings is 1. The molecule has 1 amide bonds. The van der Waals surface area contributed by atoms with E-state index in [0.29, 0.717) is 12.2 Å². The molecule has 0 unspecified atom stereocenters. The van der Waals surface area contributed by atoms with Crippen LogP contribution in [0.3, 0.4) is 0 Å². The summed E-state index contributed by atoms with van der Waals surface area (Å²) in [5.74, 6) is 0. The molecule has 1 aromatic heterocycles. The molecule has 2 aromatic rings. The van der Waals surface area contributed by atoms with Crippen molar-refractivity contribution in [2.75, 3.05) is 0 Å². The lowest BCUT2D eigenvalue weighted by Gasteiger charge is -2.05. The topological polar surface area (TPSA) is 69.0 Å². The van der Waals surface area contributed by atoms with Crippen LogP contribution in [0.1, 0.15) is 11.3 Å². The van der Waals surface area contributed by atoms with Crippen molar-refractivity contribution >= 4 is 6.09 Å². The number of hydrogen-bond acceptors (Lipinski definition) is 4. The summed E-state index contributed by atoms with van der Waals surface area (Å²) in [5.41, 5.74) is 1.64. The maximum Gasteiger partial charge on any atom is 0.407 e. The average molecular weight is 246 g/mol. The van der Waals surface area contributed by atoms with Crippen LogP contribution in [0.5, 0.6) is 0 Å². The summed E-state index contributed by atoms with van der Waals surface area (Å²) in [6.07, 6.45) is 1.27. The largest absolute Gasteiger partial charge is 0.445 e. The van der Waals surface area contributed by atoms with Gasteiger partial charge >= 0.3 is 6.09 Å². The molecule has 6 nitrogen and oxygen atoms in total. The zero-order valence-corrected chi connectivity index (χ0v) is 10.0. The van der Waals surface area contributed by atoms with E-state index in [0.717, 1.165) is 5.56 Å². The first-order valence-electron chi connectivity index (χ1n) is 5.54. The number of nitrogens with zero attached hydrogens (tertiary/aromatic N) is 3. The standard InChI is InChI=1S/C12H14N4O2/c1-16-8-11(14-15-16)7-13-12(17)18-9-10-5-3-2-4-6-10/h2-6,8H,7,9H2,1H3,(H,13,17). The second-order valence-corrected chi connectivity index (χ2v) is 3.80. The lowest BCUT2D eigenvalue weighted by atomic mass is 10.2. The molecule has 0 saturated heterocycles. The highest BCUT2D eigenvalue weighted by atomic mass is 16.5. The number of hydrogen-bond donors (Lipinski definition) is 1. The van der Waals surface area contributed by atoms with E-state index < -0.39 is 6.09 Å². The molecule has 1 aromatic carbocycles. The van der Waals surface area contributed by atoms with Gasteiger partial charge in [0.1, 0.15) is 12.3 Å². The van der Waals surface area contributed by atoms with Gasteiger partial charge in [-0.1, -0.05) is 35.5 Å². The van der Waals surface area contributed by atoms with E-state index >= 15 is 0 Å². The lowest BCUT2D eigenvalue weighted by molar-refractivity contribution is 0.139. The van der Waals surface area contributed by atoms with Crippen molar-refractivity contribution in [1.82, 2.24) is 20.3 Å². The number of amides is 1. The van der Waals surface area contributed by atoms with Gasteiger partial charge < -0.3 is 10.1 Å². The van der Waals surface area contributed by atoms with Gasteiger partial charge in [0.15, 0.2) is 0 Å². The summed E-state index contributed by atoms with van der Waals surface area (Å²) in [5, 5.41) is 10.2. The fourth-order valence-electron chi connectivity index (χ4n) is 1.41. The Morgan fingerprint density at radius 2 is 2.17 bits per heavy atom. The molecule has 0 radical (unpaired) electrons. The molecular weight excluding hydrogens is 232 g/mol. The number of carbonyl (C=O) groups is 1. The van der Waals surface area contributed by atoms with Gasteiger partial charge in [0, 0.05) is 13.2 Å². The number of aromatic nitrogens is 3. The summed E-state index contributed by atoms with van der Waals surface area (Å²) in [6, 6.07) is 9.51. The van der Waals surface area contributed by atoms with E-state index in [2.05, 4.69) is 15.6 Å². The van der Waals surface area contributed by atoms with E-state index in [1.54, 1.807) is 17.9 Å². The zero-order valence-electron chi connectivity index (χ0n) is 10.0. The Balaban J connectivity index is 1.73. The normalized spacial score (nSPS) is 10.1. The Bertz CT molecular complexity index is 510. The summed E-state index contributed by atoms with van der Waals surface area (Å²) >= 11 is 0. The van der Waals surface area contributed by atoms with Crippen molar-refractivity contribution in [3.63, 3.8) is 0 Å². The van der Waals surface area contributed by atoms with Crippen molar-refractivity contribution in [2.24, 2.45) is 7.05 Å². The van der Waals surface area contributed by atoms with Crippen LogP contribution in [0.25, 0.3) is 0 Å². The third kappa shape index (κ3) is 3.58. The maximum atomic E-state index is 11.4. The van der Waals surface area contributed by atoms with Crippen molar-refractivity contribution in [3.05, 3.63) is 47.8 Å². The molecule has 94 valence electrons. The highest BCUT2D eigenvalue weighted by Crippen LogP contribution is 2.00. The van der Waals surface area contributed by atoms with Crippen LogP contribution in [-0.2, 0) is 24.9 Å². The van der Waals surface area contributed by atoms with Crippen LogP contribution in [0.15, 0.2) is 36.5 Å². The smallest absolute Gasteiger partial charge is 0.407 e. The fourth-order valence-corrected chi connectivity index (χ4v) is 1.41. The third-order valence-electron chi connectivity index (χ3n) is 2.28. The molecule has 0 spiro atoms. The highest BCUT2D eigenvalue weighted by Gasteiger charge is 2.04. The van der Waals surface area contributed by atoms with Crippen LogP contribution in [0, 0.1) is 0 Å².